The molecule has 0 spiro atoms. The molecule has 0 amide bonds. The number of aromatic nitrogens is 2. The van der Waals surface area contributed by atoms with E-state index in [0.717, 1.165) is 22.1 Å². The second kappa shape index (κ2) is 5.73. The fourth-order valence-electron chi connectivity index (χ4n) is 2.67. The summed E-state index contributed by atoms with van der Waals surface area (Å²) in [5.74, 6) is -1.16. The van der Waals surface area contributed by atoms with Crippen LogP contribution in [-0.2, 0) is 23.0 Å². The lowest BCUT2D eigenvalue weighted by atomic mass is 10.1. The second-order valence-electron chi connectivity index (χ2n) is 5.32. The van der Waals surface area contributed by atoms with Crippen LogP contribution >= 0.6 is 15.9 Å². The molecule has 3 rings (SSSR count). The van der Waals surface area contributed by atoms with Crippen LogP contribution in [0, 0.1) is 0 Å². The molecule has 1 aliphatic heterocycles. The highest BCUT2D eigenvalue weighted by atomic mass is 79.9. The van der Waals surface area contributed by atoms with Crippen LogP contribution < -0.4 is 0 Å². The van der Waals surface area contributed by atoms with Gasteiger partial charge in [0.1, 0.15) is 0 Å². The number of hydrogen-bond acceptors (Lipinski definition) is 4. The summed E-state index contributed by atoms with van der Waals surface area (Å²) in [6.45, 7) is 0.342. The predicted octanol–water partition coefficient (Wildman–Crippen LogP) is 1.65. The van der Waals surface area contributed by atoms with Crippen molar-refractivity contribution in [2.24, 2.45) is 0 Å². The topological polar surface area (TPSA) is 92.5 Å². The van der Waals surface area contributed by atoms with Crippen LogP contribution in [0.5, 0.6) is 0 Å². The third-order valence-electron chi connectivity index (χ3n) is 3.75. The number of halogens is 1. The van der Waals surface area contributed by atoms with Gasteiger partial charge in [-0.15, -0.1) is 0 Å². The molecule has 1 aromatic heterocycles. The van der Waals surface area contributed by atoms with E-state index >= 15 is 0 Å². The first-order chi connectivity index (χ1) is 10.8. The van der Waals surface area contributed by atoms with Crippen LogP contribution in [0.4, 0.5) is 0 Å². The van der Waals surface area contributed by atoms with Gasteiger partial charge in [-0.05, 0) is 18.2 Å². The largest absolute Gasteiger partial charge is 0.476 e. The summed E-state index contributed by atoms with van der Waals surface area (Å²) in [4.78, 5) is 11.5. The maximum atomic E-state index is 11.7. The molecule has 122 valence electrons. The molecule has 23 heavy (non-hydrogen) atoms. The third-order valence-corrected chi connectivity index (χ3v) is 5.49. The molecular weight excluding hydrogens is 386 g/mol. The molecule has 1 N–H and O–H groups in total. The van der Waals surface area contributed by atoms with Crippen LogP contribution in [0.1, 0.15) is 21.7 Å². The van der Waals surface area contributed by atoms with Crippen molar-refractivity contribution in [1.29, 1.82) is 0 Å². The Morgan fingerprint density at radius 2 is 2.13 bits per heavy atom. The normalized spacial score (nSPS) is 15.4. The summed E-state index contributed by atoms with van der Waals surface area (Å²) in [7, 11) is -3.38. The SMILES string of the molecule is CS(=O)(=O)N1CCc2c(c(C(=O)O)nn2-c2cccc(Br)c2)C1. The molecule has 0 aliphatic carbocycles. The number of aromatic carboxylic acids is 1. The predicted molar refractivity (Wildman–Crippen MR) is 87.2 cm³/mol. The van der Waals surface area contributed by atoms with Gasteiger partial charge in [-0.1, -0.05) is 22.0 Å². The summed E-state index contributed by atoms with van der Waals surface area (Å²) >= 11 is 3.38. The lowest BCUT2D eigenvalue weighted by Crippen LogP contribution is -2.35. The Bertz CT molecular complexity index is 891. The van der Waals surface area contributed by atoms with Gasteiger partial charge in [-0.25, -0.2) is 17.9 Å². The zero-order chi connectivity index (χ0) is 16.8. The summed E-state index contributed by atoms with van der Waals surface area (Å²) in [6, 6.07) is 7.36. The molecule has 0 saturated heterocycles. The first-order valence-electron chi connectivity index (χ1n) is 6.82. The van der Waals surface area contributed by atoms with Crippen LogP contribution in [-0.4, -0.2) is 46.4 Å². The number of benzene rings is 1. The Morgan fingerprint density at radius 3 is 2.74 bits per heavy atom. The molecule has 0 bridgehead atoms. The fraction of sp³-hybridized carbons (Fsp3) is 0.286. The molecule has 0 unspecified atom stereocenters. The number of fused-ring (bicyclic) bond motifs is 1. The van der Waals surface area contributed by atoms with Crippen molar-refractivity contribution in [2.75, 3.05) is 12.8 Å². The molecule has 2 aromatic rings. The number of hydrogen-bond donors (Lipinski definition) is 1. The van der Waals surface area contributed by atoms with Crippen LogP contribution in [0.2, 0.25) is 0 Å². The maximum Gasteiger partial charge on any atom is 0.356 e. The zero-order valence-corrected chi connectivity index (χ0v) is 14.6. The minimum atomic E-state index is -3.38. The standard InChI is InChI=1S/C14H14BrN3O4S/c1-23(21,22)17-6-5-12-11(8-17)13(14(19)20)16-18(12)10-4-2-3-9(15)7-10/h2-4,7H,5-6,8H2,1H3,(H,19,20). The Labute approximate surface area is 141 Å². The molecule has 1 aliphatic rings. The maximum absolute atomic E-state index is 11.7. The molecule has 0 saturated carbocycles. The molecule has 0 radical (unpaired) electrons. The smallest absolute Gasteiger partial charge is 0.356 e. The highest BCUT2D eigenvalue weighted by molar-refractivity contribution is 9.10. The van der Waals surface area contributed by atoms with Crippen molar-refractivity contribution in [3.63, 3.8) is 0 Å². The highest BCUT2D eigenvalue weighted by Gasteiger charge is 2.31. The van der Waals surface area contributed by atoms with Gasteiger partial charge in [-0.2, -0.15) is 9.40 Å². The first kappa shape index (κ1) is 16.2. The van der Waals surface area contributed by atoms with E-state index in [2.05, 4.69) is 21.0 Å². The minimum absolute atomic E-state index is 0.0316. The van der Waals surface area contributed by atoms with Crippen LogP contribution in [0.25, 0.3) is 5.69 Å². The van der Waals surface area contributed by atoms with E-state index in [1.807, 2.05) is 24.3 Å². The number of sulfonamides is 1. The molecular formula is C14H14BrN3O4S. The van der Waals surface area contributed by atoms with Gasteiger partial charge in [0.25, 0.3) is 0 Å². The van der Waals surface area contributed by atoms with Crippen molar-refractivity contribution >= 4 is 31.9 Å². The zero-order valence-electron chi connectivity index (χ0n) is 12.2. The Hall–Kier alpha value is -1.71. The Balaban J connectivity index is 2.14. The number of nitrogens with zero attached hydrogens (tertiary/aromatic N) is 3. The Morgan fingerprint density at radius 1 is 1.39 bits per heavy atom. The molecule has 7 nitrogen and oxygen atoms in total. The molecule has 9 heteroatoms. The monoisotopic (exact) mass is 399 g/mol. The van der Waals surface area contributed by atoms with E-state index in [1.54, 1.807) is 4.68 Å². The summed E-state index contributed by atoms with van der Waals surface area (Å²) < 4.78 is 27.2. The number of rotatable bonds is 3. The summed E-state index contributed by atoms with van der Waals surface area (Å²) in [6.07, 6.45) is 1.53. The Kier molecular flexibility index (Phi) is 4.03. The van der Waals surface area contributed by atoms with Crippen LogP contribution in [0.15, 0.2) is 28.7 Å². The minimum Gasteiger partial charge on any atom is -0.476 e. The molecule has 0 atom stereocenters. The quantitative estimate of drug-likeness (QED) is 0.846. The van der Waals surface area contributed by atoms with E-state index in [1.165, 1.54) is 4.31 Å². The van der Waals surface area contributed by atoms with Gasteiger partial charge in [0.2, 0.25) is 10.0 Å². The third kappa shape index (κ3) is 3.04. The lowest BCUT2D eigenvalue weighted by molar-refractivity contribution is 0.0688. The van der Waals surface area contributed by atoms with Crippen molar-refractivity contribution in [2.45, 2.75) is 13.0 Å². The number of carboxylic acid groups (broad SMARTS) is 1. The van der Waals surface area contributed by atoms with Crippen molar-refractivity contribution < 1.29 is 18.3 Å². The summed E-state index contributed by atoms with van der Waals surface area (Å²) in [5.41, 5.74) is 1.82. The van der Waals surface area contributed by atoms with Gasteiger partial charge in [-0.3, -0.25) is 0 Å². The van der Waals surface area contributed by atoms with Gasteiger partial charge >= 0.3 is 5.97 Å². The van der Waals surface area contributed by atoms with Gasteiger partial charge in [0.05, 0.1) is 17.6 Å². The van der Waals surface area contributed by atoms with Crippen LogP contribution in [0.3, 0.4) is 0 Å². The molecule has 2 heterocycles. The number of carbonyl (C=O) groups is 1. The second-order valence-corrected chi connectivity index (χ2v) is 8.22. The van der Waals surface area contributed by atoms with Crippen molar-refractivity contribution in [3.05, 3.63) is 45.7 Å². The van der Waals surface area contributed by atoms with E-state index < -0.39 is 16.0 Å². The fourth-order valence-corrected chi connectivity index (χ4v) is 3.84. The van der Waals surface area contributed by atoms with E-state index in [0.29, 0.717) is 18.5 Å². The lowest BCUT2D eigenvalue weighted by Gasteiger charge is -2.25. The molecule has 0 fully saturated rings. The first-order valence-corrected chi connectivity index (χ1v) is 9.46. The van der Waals surface area contributed by atoms with Gasteiger partial charge in [0, 0.05) is 29.5 Å². The average molecular weight is 400 g/mol. The average Bonchev–Trinajstić information content (AvgIpc) is 2.85. The van der Waals surface area contributed by atoms with Gasteiger partial charge in [0.15, 0.2) is 5.69 Å². The number of carboxylic acids is 1. The summed E-state index contributed by atoms with van der Waals surface area (Å²) in [5, 5.41) is 13.6. The van der Waals surface area contributed by atoms with E-state index in [-0.39, 0.29) is 12.2 Å². The van der Waals surface area contributed by atoms with E-state index in [4.69, 9.17) is 0 Å². The van der Waals surface area contributed by atoms with E-state index in [9.17, 15) is 18.3 Å². The molecule has 1 aromatic carbocycles. The van der Waals surface area contributed by atoms with Crippen molar-refractivity contribution in [1.82, 2.24) is 14.1 Å². The van der Waals surface area contributed by atoms with Gasteiger partial charge < -0.3 is 5.11 Å². The highest BCUT2D eigenvalue weighted by Crippen LogP contribution is 2.27. The van der Waals surface area contributed by atoms with Crippen molar-refractivity contribution in [3.8, 4) is 5.69 Å².